The molecule has 2 N–H and O–H groups in total. The number of benzene rings is 1. The van der Waals surface area contributed by atoms with Crippen LogP contribution in [0, 0.1) is 5.92 Å². The Morgan fingerprint density at radius 1 is 1.03 bits per heavy atom. The molecule has 0 atom stereocenters. The summed E-state index contributed by atoms with van der Waals surface area (Å²) in [5.41, 5.74) is 1.97. The maximum absolute atomic E-state index is 12.8. The number of nitrogens with one attached hydrogen (secondary N) is 2. The number of hydrogen-bond acceptors (Lipinski definition) is 8. The standard InChI is InChI=1S/C23H25Cl2N7O2/c24-17-6-5-16(11-18(17)25)29-21-20-19(27-13-28-21)12-26-23(31-20)30-15-3-1-14(2-4-15)22(33)32-7-9-34-10-8-32/h5-6,11-15H,1-4,7-10H2,(H,26,30,31)(H,27,28,29)/t14-,15-. The van der Waals surface area contributed by atoms with E-state index in [1.807, 2.05) is 11.0 Å². The van der Waals surface area contributed by atoms with Crippen molar-refractivity contribution in [3.63, 3.8) is 0 Å². The Bertz CT molecular complexity index is 1180. The lowest BCUT2D eigenvalue weighted by Crippen LogP contribution is -2.45. The van der Waals surface area contributed by atoms with Crippen LogP contribution in [0.5, 0.6) is 0 Å². The van der Waals surface area contributed by atoms with Gasteiger partial charge < -0.3 is 20.3 Å². The largest absolute Gasteiger partial charge is 0.378 e. The molecule has 0 spiro atoms. The minimum atomic E-state index is 0.0871. The molecule has 5 rings (SSSR count). The zero-order valence-electron chi connectivity index (χ0n) is 18.5. The molecule has 1 saturated heterocycles. The zero-order valence-corrected chi connectivity index (χ0v) is 20.0. The summed E-state index contributed by atoms with van der Waals surface area (Å²) in [4.78, 5) is 32.5. The predicted octanol–water partition coefficient (Wildman–Crippen LogP) is 4.30. The van der Waals surface area contributed by atoms with Gasteiger partial charge in [0.25, 0.3) is 0 Å². The van der Waals surface area contributed by atoms with Crippen LogP contribution in [0.2, 0.25) is 10.0 Å². The fraction of sp³-hybridized carbons (Fsp3) is 0.435. The van der Waals surface area contributed by atoms with Crippen LogP contribution in [0.4, 0.5) is 17.5 Å². The third-order valence-corrected chi connectivity index (χ3v) is 7.03. The topological polar surface area (TPSA) is 105 Å². The maximum atomic E-state index is 12.8. The molecule has 9 nitrogen and oxygen atoms in total. The third-order valence-electron chi connectivity index (χ3n) is 6.29. The summed E-state index contributed by atoms with van der Waals surface area (Å²) in [6.07, 6.45) is 6.64. The third kappa shape index (κ3) is 5.16. The van der Waals surface area contributed by atoms with E-state index in [4.69, 9.17) is 27.9 Å². The highest BCUT2D eigenvalue weighted by atomic mass is 35.5. The second-order valence-corrected chi connectivity index (χ2v) is 9.35. The van der Waals surface area contributed by atoms with Crippen molar-refractivity contribution in [3.05, 3.63) is 40.8 Å². The Balaban J connectivity index is 1.25. The van der Waals surface area contributed by atoms with E-state index in [1.165, 1.54) is 6.33 Å². The number of amides is 1. The molecule has 3 heterocycles. The molecule has 1 aliphatic carbocycles. The van der Waals surface area contributed by atoms with Gasteiger partial charge in [0, 0.05) is 30.7 Å². The van der Waals surface area contributed by atoms with Gasteiger partial charge in [-0.2, -0.15) is 0 Å². The summed E-state index contributed by atoms with van der Waals surface area (Å²) in [5.74, 6) is 1.42. The number of carbonyl (C=O) groups is 1. The van der Waals surface area contributed by atoms with Gasteiger partial charge in [-0.1, -0.05) is 23.2 Å². The van der Waals surface area contributed by atoms with Crippen molar-refractivity contribution in [1.29, 1.82) is 0 Å². The van der Waals surface area contributed by atoms with Gasteiger partial charge >= 0.3 is 0 Å². The van der Waals surface area contributed by atoms with Crippen molar-refractivity contribution in [2.75, 3.05) is 36.9 Å². The lowest BCUT2D eigenvalue weighted by molar-refractivity contribution is -0.140. The van der Waals surface area contributed by atoms with E-state index >= 15 is 0 Å². The van der Waals surface area contributed by atoms with Crippen LogP contribution < -0.4 is 10.6 Å². The van der Waals surface area contributed by atoms with Gasteiger partial charge in [-0.25, -0.2) is 19.9 Å². The Hall–Kier alpha value is -2.75. The summed E-state index contributed by atoms with van der Waals surface area (Å²) >= 11 is 12.2. The number of ether oxygens (including phenoxy) is 1. The molecule has 178 valence electrons. The van der Waals surface area contributed by atoms with Crippen LogP contribution in [-0.4, -0.2) is 63.1 Å². The summed E-state index contributed by atoms with van der Waals surface area (Å²) in [6, 6.07) is 5.48. The van der Waals surface area contributed by atoms with Crippen molar-refractivity contribution in [1.82, 2.24) is 24.8 Å². The van der Waals surface area contributed by atoms with Crippen LogP contribution in [-0.2, 0) is 9.53 Å². The Kier molecular flexibility index (Phi) is 6.94. The highest BCUT2D eigenvalue weighted by Gasteiger charge is 2.30. The molecule has 2 aliphatic rings. The average molecular weight is 502 g/mol. The molecule has 2 fully saturated rings. The number of morpholine rings is 1. The number of hydrogen-bond donors (Lipinski definition) is 2. The molecule has 0 unspecified atom stereocenters. The summed E-state index contributed by atoms with van der Waals surface area (Å²) < 4.78 is 5.36. The number of nitrogens with zero attached hydrogens (tertiary/aromatic N) is 5. The Morgan fingerprint density at radius 2 is 1.82 bits per heavy atom. The first-order chi connectivity index (χ1) is 16.6. The summed E-state index contributed by atoms with van der Waals surface area (Å²) in [7, 11) is 0. The predicted molar refractivity (Wildman–Crippen MR) is 132 cm³/mol. The fourth-order valence-electron chi connectivity index (χ4n) is 4.43. The monoisotopic (exact) mass is 501 g/mol. The first-order valence-electron chi connectivity index (χ1n) is 11.4. The SMILES string of the molecule is O=C([C@H]1CC[C@H](Nc2ncc3ncnc(Nc4ccc(Cl)c(Cl)c4)c3n2)CC1)N1CCOCC1. The van der Waals surface area contributed by atoms with E-state index in [2.05, 4.69) is 30.6 Å². The van der Waals surface area contributed by atoms with Crippen molar-refractivity contribution in [3.8, 4) is 0 Å². The smallest absolute Gasteiger partial charge is 0.225 e. The Morgan fingerprint density at radius 3 is 2.59 bits per heavy atom. The number of carbonyl (C=O) groups excluding carboxylic acids is 1. The molecule has 2 aromatic heterocycles. The van der Waals surface area contributed by atoms with Crippen LogP contribution in [0.15, 0.2) is 30.7 Å². The summed E-state index contributed by atoms with van der Waals surface area (Å²) in [6.45, 7) is 2.66. The minimum Gasteiger partial charge on any atom is -0.378 e. The van der Waals surface area contributed by atoms with Gasteiger partial charge in [0.1, 0.15) is 17.4 Å². The first-order valence-corrected chi connectivity index (χ1v) is 12.2. The van der Waals surface area contributed by atoms with Gasteiger partial charge in [0.2, 0.25) is 11.9 Å². The molecule has 1 aliphatic heterocycles. The quantitative estimate of drug-likeness (QED) is 0.532. The van der Waals surface area contributed by atoms with Gasteiger partial charge in [0.15, 0.2) is 5.82 Å². The second kappa shape index (κ2) is 10.2. The molecule has 0 bridgehead atoms. The molecule has 11 heteroatoms. The van der Waals surface area contributed by atoms with Gasteiger partial charge in [-0.3, -0.25) is 4.79 Å². The molecular weight excluding hydrogens is 477 g/mol. The van der Waals surface area contributed by atoms with E-state index in [0.29, 0.717) is 59.1 Å². The fourth-order valence-corrected chi connectivity index (χ4v) is 4.73. The van der Waals surface area contributed by atoms with E-state index in [1.54, 1.807) is 18.3 Å². The number of anilines is 3. The molecule has 1 amide bonds. The number of rotatable bonds is 5. The lowest BCUT2D eigenvalue weighted by atomic mass is 9.85. The lowest BCUT2D eigenvalue weighted by Gasteiger charge is -2.34. The van der Waals surface area contributed by atoms with Crippen molar-refractivity contribution in [2.24, 2.45) is 5.92 Å². The number of fused-ring (bicyclic) bond motifs is 1. The van der Waals surface area contributed by atoms with Crippen LogP contribution in [0.25, 0.3) is 11.0 Å². The molecule has 0 radical (unpaired) electrons. The molecule has 3 aromatic rings. The van der Waals surface area contributed by atoms with Crippen LogP contribution in [0.1, 0.15) is 25.7 Å². The second-order valence-electron chi connectivity index (χ2n) is 8.53. The van der Waals surface area contributed by atoms with Gasteiger partial charge in [0.05, 0.1) is 29.5 Å². The zero-order chi connectivity index (χ0) is 23.5. The van der Waals surface area contributed by atoms with E-state index < -0.39 is 0 Å². The average Bonchev–Trinajstić information content (AvgIpc) is 2.87. The van der Waals surface area contributed by atoms with E-state index in [0.717, 1.165) is 31.4 Å². The van der Waals surface area contributed by atoms with Crippen LogP contribution in [0.3, 0.4) is 0 Å². The maximum Gasteiger partial charge on any atom is 0.225 e. The van der Waals surface area contributed by atoms with Gasteiger partial charge in [-0.15, -0.1) is 0 Å². The molecular formula is C23H25Cl2N7O2. The highest BCUT2D eigenvalue weighted by molar-refractivity contribution is 6.42. The van der Waals surface area contributed by atoms with Crippen LogP contribution >= 0.6 is 23.2 Å². The number of aromatic nitrogens is 4. The highest BCUT2D eigenvalue weighted by Crippen LogP contribution is 2.30. The number of halogens is 2. The normalized spacial score (nSPS) is 20.8. The summed E-state index contributed by atoms with van der Waals surface area (Å²) in [5, 5.41) is 7.59. The minimum absolute atomic E-state index is 0.0871. The molecule has 1 saturated carbocycles. The van der Waals surface area contributed by atoms with E-state index in [9.17, 15) is 4.79 Å². The van der Waals surface area contributed by atoms with E-state index in [-0.39, 0.29) is 17.9 Å². The molecule has 34 heavy (non-hydrogen) atoms. The van der Waals surface area contributed by atoms with Crippen molar-refractivity contribution in [2.45, 2.75) is 31.7 Å². The van der Waals surface area contributed by atoms with Crippen molar-refractivity contribution < 1.29 is 9.53 Å². The first kappa shape index (κ1) is 23.0. The van der Waals surface area contributed by atoms with Gasteiger partial charge in [-0.05, 0) is 43.9 Å². The molecule has 1 aromatic carbocycles. The Labute approximate surface area is 207 Å². The van der Waals surface area contributed by atoms with Crippen molar-refractivity contribution >= 4 is 57.6 Å².